The van der Waals surface area contributed by atoms with Gasteiger partial charge in [-0.1, -0.05) is 26.0 Å². The van der Waals surface area contributed by atoms with Crippen molar-refractivity contribution in [3.63, 3.8) is 0 Å². The monoisotopic (exact) mass is 316 g/mol. The van der Waals surface area contributed by atoms with Crippen LogP contribution in [0.4, 0.5) is 4.39 Å². The summed E-state index contributed by atoms with van der Waals surface area (Å²) < 4.78 is 38.2. The molecule has 0 aromatic heterocycles. The molecule has 0 saturated carbocycles. The van der Waals surface area contributed by atoms with E-state index in [1.807, 2.05) is 13.8 Å². The van der Waals surface area contributed by atoms with Gasteiger partial charge in [-0.05, 0) is 23.6 Å². The van der Waals surface area contributed by atoms with Crippen molar-refractivity contribution in [3.05, 3.63) is 35.6 Å². The first kappa shape index (κ1) is 17.6. The van der Waals surface area contributed by atoms with Crippen LogP contribution >= 0.6 is 0 Å². The summed E-state index contributed by atoms with van der Waals surface area (Å²) >= 11 is 0. The quantitative estimate of drug-likeness (QED) is 0.802. The second kappa shape index (κ2) is 7.51. The highest BCUT2D eigenvalue weighted by molar-refractivity contribution is 7.88. The maximum absolute atomic E-state index is 12.9. The molecule has 5 nitrogen and oxygen atoms in total. The molecule has 21 heavy (non-hydrogen) atoms. The van der Waals surface area contributed by atoms with Crippen LogP contribution < -0.4 is 10.0 Å². The number of carbonyl (C=O) groups is 1. The van der Waals surface area contributed by atoms with Crippen molar-refractivity contribution in [2.24, 2.45) is 5.92 Å². The topological polar surface area (TPSA) is 75.3 Å². The normalized spacial score (nSPS) is 13.2. The predicted octanol–water partition coefficient (Wildman–Crippen LogP) is 1.58. The molecule has 0 fully saturated rings. The van der Waals surface area contributed by atoms with E-state index in [4.69, 9.17) is 0 Å². The van der Waals surface area contributed by atoms with E-state index in [1.165, 1.54) is 24.3 Å². The van der Waals surface area contributed by atoms with Gasteiger partial charge in [-0.15, -0.1) is 0 Å². The Morgan fingerprint density at radius 1 is 1.24 bits per heavy atom. The fourth-order valence-electron chi connectivity index (χ4n) is 1.76. The van der Waals surface area contributed by atoms with Crippen LogP contribution in [0.15, 0.2) is 24.3 Å². The summed E-state index contributed by atoms with van der Waals surface area (Å²) in [6.07, 6.45) is 0.987. The molecule has 7 heteroatoms. The minimum absolute atomic E-state index is 0.0363. The molecule has 1 amide bonds. The molecular weight excluding hydrogens is 295 g/mol. The molecule has 0 bridgehead atoms. The number of carbonyl (C=O) groups excluding carboxylic acids is 1. The Labute approximate surface area is 125 Å². The number of sulfonamides is 1. The Morgan fingerprint density at radius 3 is 2.29 bits per heavy atom. The van der Waals surface area contributed by atoms with Gasteiger partial charge in [0.15, 0.2) is 0 Å². The van der Waals surface area contributed by atoms with Crippen molar-refractivity contribution in [2.45, 2.75) is 26.3 Å². The first-order chi connectivity index (χ1) is 9.67. The zero-order valence-electron chi connectivity index (χ0n) is 12.4. The molecule has 0 heterocycles. The number of nitrogens with one attached hydrogen (secondary N) is 2. The van der Waals surface area contributed by atoms with Gasteiger partial charge >= 0.3 is 0 Å². The summed E-state index contributed by atoms with van der Waals surface area (Å²) in [4.78, 5) is 11.9. The van der Waals surface area contributed by atoms with Crippen LogP contribution in [0.25, 0.3) is 0 Å². The molecule has 1 rings (SSSR count). The molecule has 1 atom stereocenters. The zero-order valence-corrected chi connectivity index (χ0v) is 13.2. The fourth-order valence-corrected chi connectivity index (χ4v) is 2.49. The molecule has 0 unspecified atom stereocenters. The molecule has 0 aliphatic heterocycles. The molecule has 118 valence electrons. The molecule has 0 saturated heterocycles. The standard InChI is InChI=1S/C14H21FN2O3S/c1-10(2)9-16-14(18)8-13(17-21(3,19)20)11-4-6-12(15)7-5-11/h4-7,10,13,17H,8-9H2,1-3H3,(H,16,18)/t13-/m0/s1. The largest absolute Gasteiger partial charge is 0.356 e. The van der Waals surface area contributed by atoms with E-state index in [0.717, 1.165) is 6.26 Å². The minimum Gasteiger partial charge on any atom is -0.356 e. The summed E-state index contributed by atoms with van der Waals surface area (Å²) in [6, 6.07) is 4.69. The van der Waals surface area contributed by atoms with E-state index < -0.39 is 21.9 Å². The van der Waals surface area contributed by atoms with Crippen molar-refractivity contribution in [3.8, 4) is 0 Å². The molecule has 1 aromatic carbocycles. The van der Waals surface area contributed by atoms with Crippen molar-refractivity contribution in [1.29, 1.82) is 0 Å². The third-order valence-electron chi connectivity index (χ3n) is 2.73. The van der Waals surface area contributed by atoms with Crippen LogP contribution in [0.1, 0.15) is 31.9 Å². The maximum Gasteiger partial charge on any atom is 0.221 e. The van der Waals surface area contributed by atoms with Gasteiger partial charge in [0.25, 0.3) is 0 Å². The van der Waals surface area contributed by atoms with E-state index >= 15 is 0 Å². The van der Waals surface area contributed by atoms with Crippen LogP contribution in [0.3, 0.4) is 0 Å². The van der Waals surface area contributed by atoms with Crippen molar-refractivity contribution in [1.82, 2.24) is 10.0 Å². The number of rotatable bonds is 7. The third-order valence-corrected chi connectivity index (χ3v) is 3.44. The van der Waals surface area contributed by atoms with E-state index in [2.05, 4.69) is 10.0 Å². The Kier molecular flexibility index (Phi) is 6.29. The molecule has 0 spiro atoms. The summed E-state index contributed by atoms with van der Waals surface area (Å²) in [5.74, 6) is -0.364. The Balaban J connectivity index is 2.82. The van der Waals surface area contributed by atoms with Crippen LogP contribution in [0.5, 0.6) is 0 Å². The number of hydrogen-bond acceptors (Lipinski definition) is 3. The summed E-state index contributed by atoms with van der Waals surface area (Å²) in [5.41, 5.74) is 0.543. The van der Waals surface area contributed by atoms with Gasteiger partial charge in [0.2, 0.25) is 15.9 Å². The number of hydrogen-bond donors (Lipinski definition) is 2. The Hall–Kier alpha value is -1.47. The second-order valence-electron chi connectivity index (χ2n) is 5.40. The van der Waals surface area contributed by atoms with Gasteiger partial charge in [0, 0.05) is 13.0 Å². The van der Waals surface area contributed by atoms with Gasteiger partial charge in [-0.25, -0.2) is 17.5 Å². The number of halogens is 1. The minimum atomic E-state index is -3.48. The van der Waals surface area contributed by atoms with E-state index in [9.17, 15) is 17.6 Å². The lowest BCUT2D eigenvalue weighted by Crippen LogP contribution is -2.34. The van der Waals surface area contributed by atoms with E-state index in [0.29, 0.717) is 18.0 Å². The average molecular weight is 316 g/mol. The fraction of sp³-hybridized carbons (Fsp3) is 0.500. The van der Waals surface area contributed by atoms with Crippen molar-refractivity contribution < 1.29 is 17.6 Å². The second-order valence-corrected chi connectivity index (χ2v) is 7.18. The van der Waals surface area contributed by atoms with Crippen molar-refractivity contribution in [2.75, 3.05) is 12.8 Å². The average Bonchev–Trinajstić information content (AvgIpc) is 2.35. The maximum atomic E-state index is 12.9. The van der Waals surface area contributed by atoms with E-state index in [1.54, 1.807) is 0 Å². The molecule has 0 aliphatic carbocycles. The summed E-state index contributed by atoms with van der Waals surface area (Å²) in [6.45, 7) is 4.45. The van der Waals surface area contributed by atoms with Gasteiger partial charge in [0.05, 0.1) is 12.3 Å². The summed E-state index contributed by atoms with van der Waals surface area (Å²) in [5, 5.41) is 2.73. The van der Waals surface area contributed by atoms with Gasteiger partial charge in [-0.2, -0.15) is 0 Å². The Morgan fingerprint density at radius 2 is 1.81 bits per heavy atom. The highest BCUT2D eigenvalue weighted by atomic mass is 32.2. The molecular formula is C14H21FN2O3S. The number of benzene rings is 1. The SMILES string of the molecule is CC(C)CNC(=O)C[C@H](NS(C)(=O)=O)c1ccc(F)cc1. The first-order valence-corrected chi connectivity index (χ1v) is 8.56. The summed E-state index contributed by atoms with van der Waals surface area (Å²) in [7, 11) is -3.48. The molecule has 2 N–H and O–H groups in total. The van der Waals surface area contributed by atoms with Crippen LogP contribution in [0, 0.1) is 11.7 Å². The molecule has 1 aromatic rings. The highest BCUT2D eigenvalue weighted by Gasteiger charge is 2.19. The Bertz CT molecular complexity index is 570. The lowest BCUT2D eigenvalue weighted by molar-refractivity contribution is -0.121. The smallest absolute Gasteiger partial charge is 0.221 e. The van der Waals surface area contributed by atoms with Crippen LogP contribution in [-0.4, -0.2) is 27.1 Å². The first-order valence-electron chi connectivity index (χ1n) is 6.67. The van der Waals surface area contributed by atoms with Gasteiger partial charge in [0.1, 0.15) is 5.82 Å². The predicted molar refractivity (Wildman–Crippen MR) is 79.6 cm³/mol. The van der Waals surface area contributed by atoms with E-state index in [-0.39, 0.29) is 12.3 Å². The lowest BCUT2D eigenvalue weighted by Gasteiger charge is -2.18. The highest BCUT2D eigenvalue weighted by Crippen LogP contribution is 2.18. The zero-order chi connectivity index (χ0) is 16.0. The molecule has 0 radical (unpaired) electrons. The van der Waals surface area contributed by atoms with Crippen molar-refractivity contribution >= 4 is 15.9 Å². The van der Waals surface area contributed by atoms with Crippen LogP contribution in [0.2, 0.25) is 0 Å². The van der Waals surface area contributed by atoms with Crippen LogP contribution in [-0.2, 0) is 14.8 Å². The number of amides is 1. The van der Waals surface area contributed by atoms with Gasteiger partial charge in [-0.3, -0.25) is 4.79 Å². The third kappa shape index (κ3) is 7.19. The van der Waals surface area contributed by atoms with Gasteiger partial charge < -0.3 is 5.32 Å². The lowest BCUT2D eigenvalue weighted by atomic mass is 10.0. The molecule has 0 aliphatic rings.